The van der Waals surface area contributed by atoms with E-state index in [1.807, 2.05) is 0 Å². The second-order valence-corrected chi connectivity index (χ2v) is 5.54. The summed E-state index contributed by atoms with van der Waals surface area (Å²) in [6.45, 7) is 1.70. The van der Waals surface area contributed by atoms with Crippen LogP contribution in [0.1, 0.15) is 77.6 Å². The SMILES string of the molecule is C1CCC(OC2CCCCC2)CC1.CCC(O)O. The topological polar surface area (TPSA) is 49.7 Å². The van der Waals surface area contributed by atoms with E-state index in [0.717, 1.165) is 0 Å². The van der Waals surface area contributed by atoms with Gasteiger partial charge in [-0.05, 0) is 32.1 Å². The molecule has 0 aliphatic heterocycles. The molecule has 0 aromatic heterocycles. The first kappa shape index (κ1) is 15.9. The van der Waals surface area contributed by atoms with E-state index in [-0.39, 0.29) is 0 Å². The summed E-state index contributed by atoms with van der Waals surface area (Å²) in [5.41, 5.74) is 0. The Hall–Kier alpha value is -0.120. The molecule has 0 aromatic carbocycles. The molecule has 0 heterocycles. The van der Waals surface area contributed by atoms with Crippen LogP contribution in [-0.2, 0) is 4.74 Å². The van der Waals surface area contributed by atoms with E-state index in [1.165, 1.54) is 64.2 Å². The summed E-state index contributed by atoms with van der Waals surface area (Å²) >= 11 is 0. The second-order valence-electron chi connectivity index (χ2n) is 5.54. The summed E-state index contributed by atoms with van der Waals surface area (Å²) in [6.07, 6.45) is 14.3. The maximum Gasteiger partial charge on any atom is 0.151 e. The zero-order valence-corrected chi connectivity index (χ0v) is 11.8. The van der Waals surface area contributed by atoms with Crippen LogP contribution in [0.25, 0.3) is 0 Å². The smallest absolute Gasteiger partial charge is 0.151 e. The maximum absolute atomic E-state index is 7.92. The van der Waals surface area contributed by atoms with Gasteiger partial charge in [0, 0.05) is 0 Å². The Balaban J connectivity index is 0.000000280. The molecule has 0 aromatic rings. The van der Waals surface area contributed by atoms with Crippen molar-refractivity contribution < 1.29 is 14.9 Å². The van der Waals surface area contributed by atoms with E-state index < -0.39 is 6.29 Å². The van der Waals surface area contributed by atoms with Crippen LogP contribution in [0.5, 0.6) is 0 Å². The van der Waals surface area contributed by atoms with E-state index in [0.29, 0.717) is 18.6 Å². The summed E-state index contributed by atoms with van der Waals surface area (Å²) < 4.78 is 6.13. The molecule has 2 rings (SSSR count). The third kappa shape index (κ3) is 7.34. The average Bonchev–Trinajstić information content (AvgIpc) is 2.42. The first-order chi connectivity index (χ1) is 8.72. The summed E-state index contributed by atoms with van der Waals surface area (Å²) in [5.74, 6) is 0. The predicted octanol–water partition coefficient (Wildman–Crippen LogP) is 3.38. The van der Waals surface area contributed by atoms with Gasteiger partial charge in [0.25, 0.3) is 0 Å². The molecule has 0 saturated heterocycles. The molecule has 3 nitrogen and oxygen atoms in total. The van der Waals surface area contributed by atoms with E-state index >= 15 is 0 Å². The number of rotatable bonds is 3. The summed E-state index contributed by atoms with van der Waals surface area (Å²) in [6, 6.07) is 0. The lowest BCUT2D eigenvalue weighted by Gasteiger charge is -2.29. The van der Waals surface area contributed by atoms with Gasteiger partial charge < -0.3 is 14.9 Å². The van der Waals surface area contributed by atoms with Crippen LogP contribution in [0.15, 0.2) is 0 Å². The Labute approximate surface area is 112 Å². The van der Waals surface area contributed by atoms with Crippen LogP contribution in [0.4, 0.5) is 0 Å². The normalized spacial score (nSPS) is 22.7. The highest BCUT2D eigenvalue weighted by atomic mass is 16.5. The molecular weight excluding hydrogens is 228 g/mol. The van der Waals surface area contributed by atoms with E-state index in [9.17, 15) is 0 Å². The van der Waals surface area contributed by atoms with Crippen LogP contribution < -0.4 is 0 Å². The molecule has 0 amide bonds. The van der Waals surface area contributed by atoms with Gasteiger partial charge in [0.15, 0.2) is 6.29 Å². The van der Waals surface area contributed by atoms with Gasteiger partial charge >= 0.3 is 0 Å². The minimum absolute atomic E-state index is 0.417. The molecule has 0 bridgehead atoms. The lowest BCUT2D eigenvalue weighted by atomic mass is 9.95. The van der Waals surface area contributed by atoms with E-state index in [4.69, 9.17) is 14.9 Å². The van der Waals surface area contributed by atoms with Crippen molar-refractivity contribution in [1.82, 2.24) is 0 Å². The Kier molecular flexibility index (Phi) is 8.64. The van der Waals surface area contributed by atoms with Crippen LogP contribution in [-0.4, -0.2) is 28.7 Å². The van der Waals surface area contributed by atoms with Crippen molar-refractivity contribution in [2.24, 2.45) is 0 Å². The van der Waals surface area contributed by atoms with Crippen LogP contribution >= 0.6 is 0 Å². The maximum atomic E-state index is 7.92. The summed E-state index contributed by atoms with van der Waals surface area (Å²) in [5, 5.41) is 15.8. The van der Waals surface area contributed by atoms with Gasteiger partial charge in [-0.1, -0.05) is 45.4 Å². The van der Waals surface area contributed by atoms with E-state index in [1.54, 1.807) is 6.92 Å². The fourth-order valence-electron chi connectivity index (χ4n) is 2.67. The molecule has 3 heteroatoms. The molecule has 2 fully saturated rings. The fraction of sp³-hybridized carbons (Fsp3) is 1.00. The van der Waals surface area contributed by atoms with Crippen molar-refractivity contribution in [3.63, 3.8) is 0 Å². The number of ether oxygens (including phenoxy) is 1. The zero-order chi connectivity index (χ0) is 13.2. The quantitative estimate of drug-likeness (QED) is 0.763. The molecule has 18 heavy (non-hydrogen) atoms. The largest absolute Gasteiger partial charge is 0.375 e. The van der Waals surface area contributed by atoms with Gasteiger partial charge in [-0.25, -0.2) is 0 Å². The van der Waals surface area contributed by atoms with Crippen molar-refractivity contribution in [3.05, 3.63) is 0 Å². The first-order valence-corrected chi connectivity index (χ1v) is 7.74. The van der Waals surface area contributed by atoms with Crippen LogP contribution in [0, 0.1) is 0 Å². The minimum atomic E-state index is -1.12. The van der Waals surface area contributed by atoms with Gasteiger partial charge in [-0.2, -0.15) is 0 Å². The monoisotopic (exact) mass is 258 g/mol. The molecule has 2 aliphatic carbocycles. The van der Waals surface area contributed by atoms with Crippen LogP contribution in [0.3, 0.4) is 0 Å². The lowest BCUT2D eigenvalue weighted by Crippen LogP contribution is -2.25. The number of aliphatic hydroxyl groups is 2. The first-order valence-electron chi connectivity index (χ1n) is 7.74. The molecule has 2 saturated carbocycles. The lowest BCUT2D eigenvalue weighted by molar-refractivity contribution is -0.0450. The second kappa shape index (κ2) is 9.76. The van der Waals surface area contributed by atoms with Gasteiger partial charge in [0.1, 0.15) is 0 Å². The Bertz CT molecular complexity index is 166. The molecule has 2 N–H and O–H groups in total. The Morgan fingerprint density at radius 3 is 1.44 bits per heavy atom. The fourth-order valence-corrected chi connectivity index (χ4v) is 2.67. The number of hydrogen-bond acceptors (Lipinski definition) is 3. The predicted molar refractivity (Wildman–Crippen MR) is 73.3 cm³/mol. The van der Waals surface area contributed by atoms with Crippen molar-refractivity contribution in [2.45, 2.75) is 96.1 Å². The summed E-state index contributed by atoms with van der Waals surface area (Å²) in [4.78, 5) is 0. The highest BCUT2D eigenvalue weighted by molar-refractivity contribution is 4.71. The summed E-state index contributed by atoms with van der Waals surface area (Å²) in [7, 11) is 0. The standard InChI is InChI=1S/C12H22O.C3H8O2/c1-3-7-11(8-4-1)13-12-9-5-2-6-10-12;1-2-3(4)5/h11-12H,1-10H2;3-5H,2H2,1H3. The molecule has 2 aliphatic rings. The van der Waals surface area contributed by atoms with Gasteiger partial charge in [-0.15, -0.1) is 0 Å². The number of aliphatic hydroxyl groups excluding tert-OH is 1. The molecule has 108 valence electrons. The van der Waals surface area contributed by atoms with Crippen molar-refractivity contribution in [2.75, 3.05) is 0 Å². The molecule has 0 spiro atoms. The van der Waals surface area contributed by atoms with Crippen molar-refractivity contribution >= 4 is 0 Å². The van der Waals surface area contributed by atoms with Crippen molar-refractivity contribution in [3.8, 4) is 0 Å². The van der Waals surface area contributed by atoms with Gasteiger partial charge in [-0.3, -0.25) is 0 Å². The van der Waals surface area contributed by atoms with Gasteiger partial charge in [0.05, 0.1) is 12.2 Å². The molecular formula is C15H30O3. The van der Waals surface area contributed by atoms with Crippen LogP contribution in [0.2, 0.25) is 0 Å². The molecule has 0 atom stereocenters. The number of hydrogen-bond donors (Lipinski definition) is 2. The highest BCUT2D eigenvalue weighted by Gasteiger charge is 2.20. The third-order valence-electron chi connectivity index (χ3n) is 3.85. The Morgan fingerprint density at radius 1 is 0.833 bits per heavy atom. The third-order valence-corrected chi connectivity index (χ3v) is 3.85. The highest BCUT2D eigenvalue weighted by Crippen LogP contribution is 2.26. The Morgan fingerprint density at radius 2 is 1.17 bits per heavy atom. The molecule has 0 radical (unpaired) electrons. The van der Waals surface area contributed by atoms with Gasteiger partial charge in [0.2, 0.25) is 0 Å². The average molecular weight is 258 g/mol. The zero-order valence-electron chi connectivity index (χ0n) is 11.8. The molecule has 0 unspecified atom stereocenters. The minimum Gasteiger partial charge on any atom is -0.375 e. The van der Waals surface area contributed by atoms with E-state index in [2.05, 4.69) is 0 Å². The van der Waals surface area contributed by atoms with Crippen molar-refractivity contribution in [1.29, 1.82) is 0 Å².